The highest BCUT2D eigenvalue weighted by molar-refractivity contribution is 5.75. The van der Waals surface area contributed by atoms with Crippen LogP contribution >= 0.6 is 0 Å². The maximum atomic E-state index is 11.9. The van der Waals surface area contributed by atoms with Gasteiger partial charge in [-0.3, -0.25) is 4.79 Å². The lowest BCUT2D eigenvalue weighted by atomic mass is 9.94. The van der Waals surface area contributed by atoms with Crippen LogP contribution in [0.3, 0.4) is 0 Å². The summed E-state index contributed by atoms with van der Waals surface area (Å²) in [6, 6.07) is 0. The Morgan fingerprint density at radius 1 is 1.25 bits per heavy atom. The van der Waals surface area contributed by atoms with E-state index >= 15 is 0 Å². The molecule has 2 fully saturated rings. The average Bonchev–Trinajstić information content (AvgIpc) is 2.88. The second kappa shape index (κ2) is 4.36. The first-order chi connectivity index (χ1) is 7.48. The number of carbonyl (C=O) groups excluding carboxylic acids is 1. The molecule has 0 radical (unpaired) electrons. The minimum absolute atomic E-state index is 0.0451. The number of carbonyl (C=O) groups is 1. The van der Waals surface area contributed by atoms with Crippen LogP contribution in [0.5, 0.6) is 0 Å². The molecule has 92 valence electrons. The first-order valence-corrected chi connectivity index (χ1v) is 6.40. The maximum Gasteiger partial charge on any atom is 0.311 e. The lowest BCUT2D eigenvalue weighted by molar-refractivity contribution is -0.162. The summed E-state index contributed by atoms with van der Waals surface area (Å²) in [7, 11) is 0. The van der Waals surface area contributed by atoms with Crippen LogP contribution in [0, 0.1) is 17.3 Å². The van der Waals surface area contributed by atoms with E-state index in [1.54, 1.807) is 0 Å². The van der Waals surface area contributed by atoms with Crippen molar-refractivity contribution < 1.29 is 9.53 Å². The topological polar surface area (TPSA) is 38.3 Å². The lowest BCUT2D eigenvalue weighted by Crippen LogP contribution is -2.35. The summed E-state index contributed by atoms with van der Waals surface area (Å²) in [6.45, 7) is 7.85. The van der Waals surface area contributed by atoms with E-state index in [1.807, 2.05) is 20.8 Å². The highest BCUT2D eigenvalue weighted by Gasteiger charge is 2.41. The first kappa shape index (κ1) is 11.9. The number of ether oxygens (including phenoxy) is 1. The molecule has 3 heteroatoms. The molecule has 0 aromatic rings. The quantitative estimate of drug-likeness (QED) is 0.746. The second-order valence-electron chi connectivity index (χ2n) is 6.21. The summed E-state index contributed by atoms with van der Waals surface area (Å²) in [6.07, 6.45) is 3.79. The maximum absolute atomic E-state index is 11.9. The molecule has 1 N–H and O–H groups in total. The fourth-order valence-corrected chi connectivity index (χ4v) is 2.26. The van der Waals surface area contributed by atoms with Crippen LogP contribution < -0.4 is 5.32 Å². The van der Waals surface area contributed by atoms with Gasteiger partial charge in [-0.25, -0.2) is 0 Å². The predicted octanol–water partition coefficient (Wildman–Crippen LogP) is 1.96. The van der Waals surface area contributed by atoms with Crippen molar-refractivity contribution in [2.45, 2.75) is 46.1 Å². The van der Waals surface area contributed by atoms with Crippen LogP contribution in [0.2, 0.25) is 0 Å². The monoisotopic (exact) mass is 225 g/mol. The molecule has 0 amide bonds. The zero-order chi connectivity index (χ0) is 11.8. The normalized spacial score (nSPS) is 27.8. The van der Waals surface area contributed by atoms with Crippen molar-refractivity contribution in [2.24, 2.45) is 17.3 Å². The Balaban J connectivity index is 1.95. The standard InChI is InChI=1S/C13H23NO2/c1-13(2,3)12(15)16-11(9-4-5-9)10-6-7-14-8-10/h9-11,14H,4-8H2,1-3H3/t10-,11+/m0/s1. The lowest BCUT2D eigenvalue weighted by Gasteiger charge is -2.27. The Hall–Kier alpha value is -0.570. The minimum Gasteiger partial charge on any atom is -0.461 e. The fraction of sp³-hybridized carbons (Fsp3) is 0.923. The molecule has 0 spiro atoms. The van der Waals surface area contributed by atoms with Gasteiger partial charge in [-0.2, -0.15) is 0 Å². The molecule has 3 nitrogen and oxygen atoms in total. The molecule has 0 aromatic heterocycles. The Bertz CT molecular complexity index is 260. The zero-order valence-electron chi connectivity index (χ0n) is 10.6. The molecule has 0 unspecified atom stereocenters. The Kier molecular flexibility index (Phi) is 3.24. The molecular weight excluding hydrogens is 202 g/mol. The molecule has 1 saturated carbocycles. The largest absolute Gasteiger partial charge is 0.461 e. The molecule has 1 saturated heterocycles. The molecular formula is C13H23NO2. The molecule has 1 aliphatic heterocycles. The van der Waals surface area contributed by atoms with E-state index in [1.165, 1.54) is 12.8 Å². The summed E-state index contributed by atoms with van der Waals surface area (Å²) in [5.41, 5.74) is -0.376. The van der Waals surface area contributed by atoms with E-state index in [-0.39, 0.29) is 17.5 Å². The molecule has 0 aromatic carbocycles. The highest BCUT2D eigenvalue weighted by Crippen LogP contribution is 2.40. The van der Waals surface area contributed by atoms with Crippen molar-refractivity contribution in [2.75, 3.05) is 13.1 Å². The molecule has 16 heavy (non-hydrogen) atoms. The number of hydrogen-bond acceptors (Lipinski definition) is 3. The first-order valence-electron chi connectivity index (χ1n) is 6.40. The van der Waals surface area contributed by atoms with Gasteiger partial charge in [0.05, 0.1) is 5.41 Å². The summed E-state index contributed by atoms with van der Waals surface area (Å²) in [5.74, 6) is 1.13. The van der Waals surface area contributed by atoms with Crippen molar-refractivity contribution in [1.29, 1.82) is 0 Å². The van der Waals surface area contributed by atoms with Gasteiger partial charge in [0.2, 0.25) is 0 Å². The van der Waals surface area contributed by atoms with Crippen molar-refractivity contribution in [3.63, 3.8) is 0 Å². The highest BCUT2D eigenvalue weighted by atomic mass is 16.5. The number of rotatable bonds is 3. The third-order valence-corrected chi connectivity index (χ3v) is 3.51. The van der Waals surface area contributed by atoms with E-state index in [2.05, 4.69) is 5.32 Å². The SMILES string of the molecule is CC(C)(C)C(=O)O[C@H](C1CC1)[C@H]1CCNC1. The van der Waals surface area contributed by atoms with E-state index in [0.717, 1.165) is 19.5 Å². The van der Waals surface area contributed by atoms with Crippen LogP contribution in [-0.2, 0) is 9.53 Å². The number of hydrogen-bond donors (Lipinski definition) is 1. The molecule has 0 bridgehead atoms. The van der Waals surface area contributed by atoms with E-state index in [4.69, 9.17) is 4.74 Å². The van der Waals surface area contributed by atoms with Crippen LogP contribution in [0.4, 0.5) is 0 Å². The Morgan fingerprint density at radius 3 is 2.38 bits per heavy atom. The molecule has 2 aliphatic rings. The zero-order valence-corrected chi connectivity index (χ0v) is 10.6. The van der Waals surface area contributed by atoms with Gasteiger partial charge in [0, 0.05) is 12.5 Å². The minimum atomic E-state index is -0.376. The van der Waals surface area contributed by atoms with Crippen LogP contribution in [0.25, 0.3) is 0 Å². The summed E-state index contributed by atoms with van der Waals surface area (Å²) >= 11 is 0. The van der Waals surface area contributed by atoms with E-state index in [0.29, 0.717) is 11.8 Å². The van der Waals surface area contributed by atoms with Gasteiger partial charge in [-0.05, 0) is 52.5 Å². The summed E-state index contributed by atoms with van der Waals surface area (Å²) in [5, 5.41) is 3.36. The van der Waals surface area contributed by atoms with Crippen molar-refractivity contribution in [3.05, 3.63) is 0 Å². The van der Waals surface area contributed by atoms with Gasteiger partial charge in [0.1, 0.15) is 6.10 Å². The van der Waals surface area contributed by atoms with Crippen LogP contribution in [0.1, 0.15) is 40.0 Å². The van der Waals surface area contributed by atoms with Gasteiger partial charge in [-0.15, -0.1) is 0 Å². The van der Waals surface area contributed by atoms with Crippen LogP contribution in [0.15, 0.2) is 0 Å². The van der Waals surface area contributed by atoms with E-state index < -0.39 is 0 Å². The summed E-state index contributed by atoms with van der Waals surface area (Å²) in [4.78, 5) is 11.9. The molecule has 1 heterocycles. The second-order valence-corrected chi connectivity index (χ2v) is 6.21. The predicted molar refractivity (Wildman–Crippen MR) is 63.0 cm³/mol. The summed E-state index contributed by atoms with van der Waals surface area (Å²) < 4.78 is 5.74. The third kappa shape index (κ3) is 2.76. The van der Waals surface area contributed by atoms with Gasteiger partial charge in [0.15, 0.2) is 0 Å². The van der Waals surface area contributed by atoms with Gasteiger partial charge < -0.3 is 10.1 Å². The van der Waals surface area contributed by atoms with E-state index in [9.17, 15) is 4.79 Å². The van der Waals surface area contributed by atoms with Crippen LogP contribution in [-0.4, -0.2) is 25.2 Å². The average molecular weight is 225 g/mol. The number of nitrogens with one attached hydrogen (secondary N) is 1. The third-order valence-electron chi connectivity index (χ3n) is 3.51. The smallest absolute Gasteiger partial charge is 0.311 e. The van der Waals surface area contributed by atoms with Crippen molar-refractivity contribution >= 4 is 5.97 Å². The molecule has 2 atom stereocenters. The Labute approximate surface area is 97.9 Å². The molecule has 1 aliphatic carbocycles. The number of esters is 1. The van der Waals surface area contributed by atoms with Gasteiger partial charge in [0.25, 0.3) is 0 Å². The molecule has 2 rings (SSSR count). The van der Waals surface area contributed by atoms with Gasteiger partial charge >= 0.3 is 5.97 Å². The van der Waals surface area contributed by atoms with Crippen molar-refractivity contribution in [1.82, 2.24) is 5.32 Å². The van der Waals surface area contributed by atoms with Crippen molar-refractivity contribution in [3.8, 4) is 0 Å². The van der Waals surface area contributed by atoms with Gasteiger partial charge in [-0.1, -0.05) is 0 Å². The Morgan fingerprint density at radius 2 is 1.94 bits per heavy atom. The fourth-order valence-electron chi connectivity index (χ4n) is 2.26.